The third kappa shape index (κ3) is 5.84. The van der Waals surface area contributed by atoms with Gasteiger partial charge in [-0.2, -0.15) is 0 Å². The van der Waals surface area contributed by atoms with Crippen molar-refractivity contribution in [2.75, 3.05) is 6.54 Å². The van der Waals surface area contributed by atoms with Gasteiger partial charge in [-0.1, -0.05) is 5.11 Å². The molecule has 1 atom stereocenters. The molecule has 0 radical (unpaired) electrons. The molecule has 0 aliphatic rings. The summed E-state index contributed by atoms with van der Waals surface area (Å²) in [6.07, 6.45) is 0.582. The van der Waals surface area contributed by atoms with Gasteiger partial charge in [0, 0.05) is 17.9 Å². The van der Waals surface area contributed by atoms with E-state index in [0.717, 1.165) is 0 Å². The third-order valence-electron chi connectivity index (χ3n) is 1.47. The van der Waals surface area contributed by atoms with Crippen LogP contribution in [0.3, 0.4) is 0 Å². The number of hydrogen-bond acceptors (Lipinski definition) is 3. The molecular weight excluding hydrogens is 188 g/mol. The molecule has 7 heteroatoms. The number of nitrogens with one attached hydrogen (secondary N) is 1. The van der Waals surface area contributed by atoms with Crippen LogP contribution in [0, 0.1) is 0 Å². The minimum Gasteiger partial charge on any atom is -0.480 e. The lowest BCUT2D eigenvalue weighted by molar-refractivity contribution is -0.141. The first-order chi connectivity index (χ1) is 6.57. The van der Waals surface area contributed by atoms with E-state index >= 15 is 0 Å². The Bertz CT molecular complexity index is 260. The second kappa shape index (κ2) is 6.73. The quantitative estimate of drug-likeness (QED) is 0.284. The first-order valence-corrected chi connectivity index (χ1v) is 4.11. The van der Waals surface area contributed by atoms with E-state index in [2.05, 4.69) is 15.3 Å². The van der Waals surface area contributed by atoms with Crippen LogP contribution in [0.4, 0.5) is 0 Å². The maximum atomic E-state index is 11.0. The summed E-state index contributed by atoms with van der Waals surface area (Å²) < 4.78 is 0. The van der Waals surface area contributed by atoms with Crippen molar-refractivity contribution in [1.82, 2.24) is 5.32 Å². The van der Waals surface area contributed by atoms with Crippen molar-refractivity contribution in [3.8, 4) is 0 Å². The molecule has 0 rings (SSSR count). The largest absolute Gasteiger partial charge is 0.480 e. The Labute approximate surface area is 80.7 Å². The van der Waals surface area contributed by atoms with Gasteiger partial charge >= 0.3 is 5.97 Å². The predicted octanol–water partition coefficient (Wildman–Crippen LogP) is 0.666. The Hall–Kier alpha value is -1.75. The van der Waals surface area contributed by atoms with Crippen LogP contribution in [-0.4, -0.2) is 29.6 Å². The average molecular weight is 200 g/mol. The number of hydrogen-bond donors (Lipinski definition) is 2. The highest BCUT2D eigenvalue weighted by Crippen LogP contribution is 1.91. The molecule has 0 heterocycles. The summed E-state index contributed by atoms with van der Waals surface area (Å²) >= 11 is 0. The summed E-state index contributed by atoms with van der Waals surface area (Å²) in [6, 6.07) is -0.887. The second-order valence-electron chi connectivity index (χ2n) is 2.69. The van der Waals surface area contributed by atoms with Crippen LogP contribution in [0.2, 0.25) is 0 Å². The highest BCUT2D eigenvalue weighted by atomic mass is 16.4. The number of aliphatic carboxylic acids is 1. The standard InChI is InChI=1S/C7H12N4O3/c1-5(7(13)14)10-6(12)3-2-4-9-11-8/h5H,2-4H2,1H3,(H,10,12)(H,13,14)/t5-/m0/s1. The fourth-order valence-electron chi connectivity index (χ4n) is 0.730. The van der Waals surface area contributed by atoms with E-state index in [1.807, 2.05) is 0 Å². The van der Waals surface area contributed by atoms with Crippen molar-refractivity contribution in [1.29, 1.82) is 0 Å². The molecule has 0 saturated heterocycles. The molecule has 0 aromatic rings. The van der Waals surface area contributed by atoms with Crippen LogP contribution in [0.25, 0.3) is 10.4 Å². The van der Waals surface area contributed by atoms with Crippen molar-refractivity contribution >= 4 is 11.9 Å². The first-order valence-electron chi connectivity index (χ1n) is 4.11. The third-order valence-corrected chi connectivity index (χ3v) is 1.47. The monoisotopic (exact) mass is 200 g/mol. The molecule has 78 valence electrons. The van der Waals surface area contributed by atoms with Gasteiger partial charge in [0.05, 0.1) is 0 Å². The number of carboxylic acids is 1. The van der Waals surface area contributed by atoms with E-state index in [1.165, 1.54) is 6.92 Å². The summed E-state index contributed by atoms with van der Waals surface area (Å²) in [5.74, 6) is -1.43. The minimum atomic E-state index is -1.08. The zero-order valence-electron chi connectivity index (χ0n) is 7.80. The highest BCUT2D eigenvalue weighted by Gasteiger charge is 2.12. The smallest absolute Gasteiger partial charge is 0.325 e. The Morgan fingerprint density at radius 1 is 1.64 bits per heavy atom. The van der Waals surface area contributed by atoms with Crippen LogP contribution in [-0.2, 0) is 9.59 Å². The van der Waals surface area contributed by atoms with E-state index in [9.17, 15) is 9.59 Å². The molecular formula is C7H12N4O3. The zero-order chi connectivity index (χ0) is 11.0. The first kappa shape index (κ1) is 12.2. The van der Waals surface area contributed by atoms with Gasteiger partial charge in [0.15, 0.2) is 0 Å². The van der Waals surface area contributed by atoms with Gasteiger partial charge in [-0.15, -0.1) is 0 Å². The van der Waals surface area contributed by atoms with E-state index < -0.39 is 12.0 Å². The summed E-state index contributed by atoms with van der Waals surface area (Å²) in [4.78, 5) is 23.9. The highest BCUT2D eigenvalue weighted by molar-refractivity contribution is 5.83. The number of azide groups is 1. The molecule has 0 unspecified atom stereocenters. The van der Waals surface area contributed by atoms with Gasteiger partial charge in [-0.25, -0.2) is 0 Å². The number of nitrogens with zero attached hydrogens (tertiary/aromatic N) is 3. The second-order valence-corrected chi connectivity index (χ2v) is 2.69. The molecule has 0 spiro atoms. The average Bonchev–Trinajstić information content (AvgIpc) is 2.12. The molecule has 2 N–H and O–H groups in total. The van der Waals surface area contributed by atoms with Crippen molar-refractivity contribution in [2.24, 2.45) is 5.11 Å². The van der Waals surface area contributed by atoms with Crippen molar-refractivity contribution in [3.63, 3.8) is 0 Å². The van der Waals surface area contributed by atoms with Gasteiger partial charge < -0.3 is 10.4 Å². The van der Waals surface area contributed by atoms with Crippen LogP contribution in [0.15, 0.2) is 5.11 Å². The molecule has 0 saturated carbocycles. The topological polar surface area (TPSA) is 115 Å². The maximum Gasteiger partial charge on any atom is 0.325 e. The van der Waals surface area contributed by atoms with Gasteiger partial charge in [-0.3, -0.25) is 9.59 Å². The van der Waals surface area contributed by atoms with E-state index in [0.29, 0.717) is 6.42 Å². The van der Waals surface area contributed by atoms with Gasteiger partial charge in [-0.05, 0) is 18.9 Å². The molecule has 0 aromatic heterocycles. The minimum absolute atomic E-state index is 0.163. The molecule has 0 aromatic carbocycles. The van der Waals surface area contributed by atoms with Crippen LogP contribution < -0.4 is 5.32 Å². The Kier molecular flexibility index (Phi) is 5.89. The zero-order valence-corrected chi connectivity index (χ0v) is 7.80. The van der Waals surface area contributed by atoms with E-state index in [1.54, 1.807) is 0 Å². The lowest BCUT2D eigenvalue weighted by atomic mass is 10.2. The van der Waals surface area contributed by atoms with Crippen molar-refractivity contribution < 1.29 is 14.7 Å². The molecule has 7 nitrogen and oxygen atoms in total. The molecule has 0 fully saturated rings. The number of rotatable bonds is 6. The summed E-state index contributed by atoms with van der Waals surface area (Å²) in [7, 11) is 0. The van der Waals surface area contributed by atoms with E-state index in [-0.39, 0.29) is 18.9 Å². The summed E-state index contributed by atoms with van der Waals surface area (Å²) in [6.45, 7) is 1.62. The summed E-state index contributed by atoms with van der Waals surface area (Å²) in [5, 5.41) is 14.0. The van der Waals surface area contributed by atoms with Crippen LogP contribution in [0.1, 0.15) is 19.8 Å². The Morgan fingerprint density at radius 3 is 2.79 bits per heavy atom. The lowest BCUT2D eigenvalue weighted by Crippen LogP contribution is -2.38. The molecule has 0 aliphatic carbocycles. The number of carbonyl (C=O) groups is 2. The normalized spacial score (nSPS) is 11.2. The van der Waals surface area contributed by atoms with Crippen LogP contribution in [0.5, 0.6) is 0 Å². The Balaban J connectivity index is 3.65. The number of carbonyl (C=O) groups excluding carboxylic acids is 1. The Morgan fingerprint density at radius 2 is 2.29 bits per heavy atom. The lowest BCUT2D eigenvalue weighted by Gasteiger charge is -2.07. The van der Waals surface area contributed by atoms with Crippen molar-refractivity contribution in [2.45, 2.75) is 25.8 Å². The van der Waals surface area contributed by atoms with E-state index in [4.69, 9.17) is 10.6 Å². The fraction of sp³-hybridized carbons (Fsp3) is 0.714. The fourth-order valence-corrected chi connectivity index (χ4v) is 0.730. The van der Waals surface area contributed by atoms with Gasteiger partial charge in [0.1, 0.15) is 6.04 Å². The number of amides is 1. The molecule has 0 aliphatic heterocycles. The predicted molar refractivity (Wildman–Crippen MR) is 48.5 cm³/mol. The SMILES string of the molecule is C[C@H](NC(=O)CCCN=[N+]=[N-])C(=O)O. The van der Waals surface area contributed by atoms with Gasteiger partial charge in [0.25, 0.3) is 0 Å². The molecule has 0 bridgehead atoms. The van der Waals surface area contributed by atoms with Gasteiger partial charge in [0.2, 0.25) is 5.91 Å². The van der Waals surface area contributed by atoms with Crippen molar-refractivity contribution in [3.05, 3.63) is 10.4 Å². The summed E-state index contributed by atoms with van der Waals surface area (Å²) in [5.41, 5.74) is 7.93. The maximum absolute atomic E-state index is 11.0. The van der Waals surface area contributed by atoms with Crippen LogP contribution >= 0.6 is 0 Å². The number of carboxylic acid groups (broad SMARTS) is 1. The molecule has 14 heavy (non-hydrogen) atoms. The molecule has 1 amide bonds.